The lowest BCUT2D eigenvalue weighted by molar-refractivity contribution is 0.329. The zero-order valence-corrected chi connectivity index (χ0v) is 10.9. The third-order valence-electron chi connectivity index (χ3n) is 2.65. The molecule has 0 radical (unpaired) electrons. The number of anilines is 3. The van der Waals surface area contributed by atoms with Crippen molar-refractivity contribution < 1.29 is 9.13 Å². The highest BCUT2D eigenvalue weighted by molar-refractivity contribution is 5.63. The number of halogens is 1. The van der Waals surface area contributed by atoms with Crippen LogP contribution >= 0.6 is 0 Å². The summed E-state index contributed by atoms with van der Waals surface area (Å²) in [7, 11) is 0. The van der Waals surface area contributed by atoms with E-state index in [1.54, 1.807) is 18.2 Å². The van der Waals surface area contributed by atoms with E-state index in [1.165, 1.54) is 6.07 Å². The first-order chi connectivity index (χ1) is 9.11. The number of rotatable bonds is 4. The van der Waals surface area contributed by atoms with Gasteiger partial charge in [-0.05, 0) is 37.6 Å². The highest BCUT2D eigenvalue weighted by Gasteiger charge is 2.08. The van der Waals surface area contributed by atoms with Crippen LogP contribution < -0.4 is 15.8 Å². The number of aryl methyl sites for hydroxylation is 1. The van der Waals surface area contributed by atoms with E-state index in [1.807, 2.05) is 19.9 Å². The van der Waals surface area contributed by atoms with Crippen LogP contribution in [0, 0.1) is 12.7 Å². The van der Waals surface area contributed by atoms with Gasteiger partial charge >= 0.3 is 0 Å². The lowest BCUT2D eigenvalue weighted by Crippen LogP contribution is -2.03. The Balaban J connectivity index is 2.31. The average Bonchev–Trinajstić information content (AvgIpc) is 2.38. The van der Waals surface area contributed by atoms with Gasteiger partial charge in [0, 0.05) is 0 Å². The third-order valence-corrected chi connectivity index (χ3v) is 2.65. The standard InChI is InChI=1S/C14H16FN3O/c1-3-19-14-11(16)7-8-12(18-14)17-13-9(2)5-4-6-10(13)15/h4-8H,3,16H2,1-2H3,(H,17,18). The van der Waals surface area contributed by atoms with E-state index < -0.39 is 0 Å². The van der Waals surface area contributed by atoms with Crippen molar-refractivity contribution in [3.8, 4) is 5.88 Å². The Morgan fingerprint density at radius 3 is 2.79 bits per heavy atom. The van der Waals surface area contributed by atoms with Crippen LogP contribution in [0.25, 0.3) is 0 Å². The minimum absolute atomic E-state index is 0.323. The molecule has 5 heteroatoms. The van der Waals surface area contributed by atoms with E-state index in [0.717, 1.165) is 5.56 Å². The molecule has 4 nitrogen and oxygen atoms in total. The molecule has 0 saturated heterocycles. The molecule has 0 amide bonds. The van der Waals surface area contributed by atoms with Gasteiger partial charge in [-0.1, -0.05) is 12.1 Å². The van der Waals surface area contributed by atoms with Crippen LogP contribution in [-0.4, -0.2) is 11.6 Å². The van der Waals surface area contributed by atoms with Gasteiger partial charge in [0.2, 0.25) is 5.88 Å². The van der Waals surface area contributed by atoms with E-state index in [2.05, 4.69) is 10.3 Å². The number of ether oxygens (including phenoxy) is 1. The summed E-state index contributed by atoms with van der Waals surface area (Å²) in [5, 5.41) is 2.94. The summed E-state index contributed by atoms with van der Waals surface area (Å²) in [6.45, 7) is 4.15. The monoisotopic (exact) mass is 261 g/mol. The first kappa shape index (κ1) is 13.1. The van der Waals surface area contributed by atoms with Crippen molar-refractivity contribution in [1.82, 2.24) is 4.98 Å². The summed E-state index contributed by atoms with van der Waals surface area (Å²) >= 11 is 0. The summed E-state index contributed by atoms with van der Waals surface area (Å²) < 4.78 is 19.0. The molecule has 0 aliphatic carbocycles. The fraction of sp³-hybridized carbons (Fsp3) is 0.214. The molecule has 0 atom stereocenters. The van der Waals surface area contributed by atoms with Crippen LogP contribution in [0.4, 0.5) is 21.6 Å². The minimum Gasteiger partial charge on any atom is -0.476 e. The number of pyridine rings is 1. The second kappa shape index (κ2) is 5.56. The molecule has 0 aliphatic heterocycles. The summed E-state index contributed by atoms with van der Waals surface area (Å²) in [5.74, 6) is 0.518. The van der Waals surface area contributed by atoms with Gasteiger partial charge in [-0.25, -0.2) is 4.39 Å². The van der Waals surface area contributed by atoms with E-state index >= 15 is 0 Å². The number of nitrogens with one attached hydrogen (secondary N) is 1. The van der Waals surface area contributed by atoms with Crippen LogP contribution in [0.1, 0.15) is 12.5 Å². The molecule has 1 heterocycles. The molecule has 0 fully saturated rings. The summed E-state index contributed by atoms with van der Waals surface area (Å²) in [5.41, 5.74) is 7.40. The Bertz CT molecular complexity index is 567. The fourth-order valence-corrected chi connectivity index (χ4v) is 1.69. The molecule has 100 valence electrons. The van der Waals surface area contributed by atoms with Crippen molar-refractivity contribution in [1.29, 1.82) is 0 Å². The van der Waals surface area contributed by atoms with Crippen molar-refractivity contribution in [2.75, 3.05) is 17.7 Å². The number of hydrogen-bond donors (Lipinski definition) is 2. The van der Waals surface area contributed by atoms with Gasteiger partial charge in [-0.15, -0.1) is 0 Å². The lowest BCUT2D eigenvalue weighted by atomic mass is 10.2. The van der Waals surface area contributed by atoms with Gasteiger partial charge in [-0.2, -0.15) is 4.98 Å². The first-order valence-electron chi connectivity index (χ1n) is 6.03. The first-order valence-corrected chi connectivity index (χ1v) is 6.03. The number of hydrogen-bond acceptors (Lipinski definition) is 4. The van der Waals surface area contributed by atoms with Crippen LogP contribution in [0.5, 0.6) is 5.88 Å². The third kappa shape index (κ3) is 2.93. The lowest BCUT2D eigenvalue weighted by Gasteiger charge is -2.12. The zero-order valence-electron chi connectivity index (χ0n) is 10.9. The molecule has 1 aromatic heterocycles. The number of nitrogen functional groups attached to an aromatic ring is 1. The highest BCUT2D eigenvalue weighted by Crippen LogP contribution is 2.26. The topological polar surface area (TPSA) is 60.2 Å². The van der Waals surface area contributed by atoms with Crippen LogP contribution in [0.3, 0.4) is 0 Å². The maximum atomic E-state index is 13.7. The fourth-order valence-electron chi connectivity index (χ4n) is 1.69. The van der Waals surface area contributed by atoms with Crippen LogP contribution in [0.2, 0.25) is 0 Å². The molecule has 2 aromatic rings. The smallest absolute Gasteiger partial charge is 0.239 e. The molecule has 0 spiro atoms. The maximum Gasteiger partial charge on any atom is 0.239 e. The molecule has 0 unspecified atom stereocenters. The number of aromatic nitrogens is 1. The normalized spacial score (nSPS) is 10.3. The van der Waals surface area contributed by atoms with Crippen molar-refractivity contribution in [2.24, 2.45) is 0 Å². The largest absolute Gasteiger partial charge is 0.476 e. The highest BCUT2D eigenvalue weighted by atomic mass is 19.1. The maximum absolute atomic E-state index is 13.7. The van der Waals surface area contributed by atoms with E-state index in [-0.39, 0.29) is 5.82 Å². The number of nitrogens with two attached hydrogens (primary N) is 1. The quantitative estimate of drug-likeness (QED) is 0.886. The number of para-hydroxylation sites is 1. The molecular formula is C14H16FN3O. The van der Waals surface area contributed by atoms with Crippen molar-refractivity contribution >= 4 is 17.2 Å². The summed E-state index contributed by atoms with van der Waals surface area (Å²) in [4.78, 5) is 4.21. The van der Waals surface area contributed by atoms with E-state index in [0.29, 0.717) is 29.7 Å². The van der Waals surface area contributed by atoms with Gasteiger partial charge in [0.15, 0.2) is 0 Å². The Morgan fingerprint density at radius 1 is 1.32 bits per heavy atom. The van der Waals surface area contributed by atoms with Gasteiger partial charge in [0.05, 0.1) is 18.0 Å². The Hall–Kier alpha value is -2.30. The van der Waals surface area contributed by atoms with Crippen molar-refractivity contribution in [3.05, 3.63) is 41.7 Å². The average molecular weight is 261 g/mol. The van der Waals surface area contributed by atoms with Gasteiger partial charge in [-0.3, -0.25) is 0 Å². The predicted molar refractivity (Wildman–Crippen MR) is 74.2 cm³/mol. The minimum atomic E-state index is -0.323. The Labute approximate surface area is 111 Å². The van der Waals surface area contributed by atoms with Crippen LogP contribution in [-0.2, 0) is 0 Å². The van der Waals surface area contributed by atoms with Gasteiger partial charge < -0.3 is 15.8 Å². The second-order valence-electron chi connectivity index (χ2n) is 4.08. The molecule has 19 heavy (non-hydrogen) atoms. The summed E-state index contributed by atoms with van der Waals surface area (Å²) in [6, 6.07) is 8.25. The van der Waals surface area contributed by atoms with Crippen molar-refractivity contribution in [2.45, 2.75) is 13.8 Å². The number of nitrogens with zero attached hydrogens (tertiary/aromatic N) is 1. The van der Waals surface area contributed by atoms with Gasteiger partial charge in [0.25, 0.3) is 0 Å². The molecular weight excluding hydrogens is 245 g/mol. The second-order valence-corrected chi connectivity index (χ2v) is 4.08. The molecule has 0 aliphatic rings. The predicted octanol–water partition coefficient (Wildman–Crippen LogP) is 3.25. The molecule has 3 N–H and O–H groups in total. The van der Waals surface area contributed by atoms with Gasteiger partial charge in [0.1, 0.15) is 11.6 Å². The van der Waals surface area contributed by atoms with Crippen molar-refractivity contribution in [3.63, 3.8) is 0 Å². The SMILES string of the molecule is CCOc1nc(Nc2c(C)cccc2F)ccc1N. The molecule has 1 aromatic carbocycles. The molecule has 0 saturated carbocycles. The zero-order chi connectivity index (χ0) is 13.8. The number of benzene rings is 1. The van der Waals surface area contributed by atoms with E-state index in [9.17, 15) is 4.39 Å². The Morgan fingerprint density at radius 2 is 2.11 bits per heavy atom. The van der Waals surface area contributed by atoms with Crippen LogP contribution in [0.15, 0.2) is 30.3 Å². The van der Waals surface area contributed by atoms with E-state index in [4.69, 9.17) is 10.5 Å². The summed E-state index contributed by atoms with van der Waals surface area (Å²) in [6.07, 6.45) is 0. The molecule has 2 rings (SSSR count). The molecule has 0 bridgehead atoms. The Kier molecular flexibility index (Phi) is 3.85.